The first-order valence-corrected chi connectivity index (χ1v) is 7.64. The first kappa shape index (κ1) is 13.4. The topological polar surface area (TPSA) is 23.5 Å². The average Bonchev–Trinajstić information content (AvgIpc) is 2.99. The van der Waals surface area contributed by atoms with Gasteiger partial charge in [0.05, 0.1) is 6.10 Å². The van der Waals surface area contributed by atoms with E-state index in [1.807, 2.05) is 0 Å². The molecule has 100 valence electrons. The van der Waals surface area contributed by atoms with Crippen molar-refractivity contribution in [1.29, 1.82) is 0 Å². The van der Waals surface area contributed by atoms with Crippen LogP contribution in [0.25, 0.3) is 0 Å². The lowest BCUT2D eigenvalue weighted by Gasteiger charge is -2.45. The molecule has 2 aliphatic rings. The van der Waals surface area contributed by atoms with Gasteiger partial charge in [-0.1, -0.05) is 33.1 Å². The van der Waals surface area contributed by atoms with Crippen molar-refractivity contribution in [2.75, 3.05) is 13.1 Å². The number of rotatable bonds is 5. The highest BCUT2D eigenvalue weighted by Gasteiger charge is 2.47. The predicted octanol–water partition coefficient (Wildman–Crippen LogP) is 3.19. The Labute approximate surface area is 106 Å². The molecule has 1 aliphatic heterocycles. The Balaban J connectivity index is 2.09. The minimum absolute atomic E-state index is 0.108. The molecule has 0 aromatic rings. The molecule has 1 N–H and O–H groups in total. The molecule has 1 saturated heterocycles. The van der Waals surface area contributed by atoms with Gasteiger partial charge in [0.2, 0.25) is 0 Å². The van der Waals surface area contributed by atoms with Gasteiger partial charge in [0.15, 0.2) is 0 Å². The number of hydrogen-bond donors (Lipinski definition) is 1. The summed E-state index contributed by atoms with van der Waals surface area (Å²) in [5, 5.41) is 10.8. The molecule has 0 aromatic carbocycles. The van der Waals surface area contributed by atoms with E-state index in [9.17, 15) is 5.11 Å². The Kier molecular flexibility index (Phi) is 4.48. The second-order valence-corrected chi connectivity index (χ2v) is 6.22. The molecule has 2 unspecified atom stereocenters. The molecule has 1 heterocycles. The smallest absolute Gasteiger partial charge is 0.0749 e. The zero-order valence-corrected chi connectivity index (χ0v) is 11.6. The molecule has 0 amide bonds. The van der Waals surface area contributed by atoms with Crippen LogP contribution in [-0.2, 0) is 0 Å². The number of aliphatic hydroxyl groups excluding tert-OH is 1. The van der Waals surface area contributed by atoms with Crippen LogP contribution >= 0.6 is 0 Å². The average molecular weight is 239 g/mol. The maximum absolute atomic E-state index is 10.8. The van der Waals surface area contributed by atoms with Gasteiger partial charge in [-0.15, -0.1) is 0 Å². The van der Waals surface area contributed by atoms with E-state index in [1.54, 1.807) is 0 Å². The lowest BCUT2D eigenvalue weighted by atomic mass is 9.80. The Morgan fingerprint density at radius 2 is 1.71 bits per heavy atom. The van der Waals surface area contributed by atoms with E-state index in [0.29, 0.717) is 5.92 Å². The molecule has 2 fully saturated rings. The number of likely N-dealkylation sites (tertiary alicyclic amines) is 1. The molecule has 2 heteroatoms. The number of aliphatic hydroxyl groups is 1. The van der Waals surface area contributed by atoms with Gasteiger partial charge in [-0.05, 0) is 51.1 Å². The van der Waals surface area contributed by atoms with E-state index in [4.69, 9.17) is 0 Å². The summed E-state index contributed by atoms with van der Waals surface area (Å²) >= 11 is 0. The van der Waals surface area contributed by atoms with Crippen LogP contribution in [0.4, 0.5) is 0 Å². The largest absolute Gasteiger partial charge is 0.391 e. The van der Waals surface area contributed by atoms with E-state index in [2.05, 4.69) is 18.7 Å². The molecule has 1 aliphatic carbocycles. The molecule has 0 spiro atoms. The SMILES string of the molecule is CCCC(C)C(O)C1(N2CCCC2)CCCC1. The maximum Gasteiger partial charge on any atom is 0.0749 e. The lowest BCUT2D eigenvalue weighted by Crippen LogP contribution is -2.56. The van der Waals surface area contributed by atoms with Crippen molar-refractivity contribution in [2.45, 2.75) is 76.9 Å². The molecule has 0 radical (unpaired) electrons. The summed E-state index contributed by atoms with van der Waals surface area (Å²) in [6.45, 7) is 6.90. The standard InChI is InChI=1S/C15H29NO/c1-3-8-13(2)14(17)15(9-4-5-10-15)16-11-6-7-12-16/h13-14,17H,3-12H2,1-2H3. The maximum atomic E-state index is 10.8. The number of nitrogens with zero attached hydrogens (tertiary/aromatic N) is 1. The summed E-state index contributed by atoms with van der Waals surface area (Å²) in [4.78, 5) is 2.62. The van der Waals surface area contributed by atoms with Crippen molar-refractivity contribution in [3.8, 4) is 0 Å². The van der Waals surface area contributed by atoms with Gasteiger partial charge in [0.1, 0.15) is 0 Å². The number of hydrogen-bond acceptors (Lipinski definition) is 2. The lowest BCUT2D eigenvalue weighted by molar-refractivity contribution is -0.0480. The van der Waals surface area contributed by atoms with Crippen molar-refractivity contribution in [2.24, 2.45) is 5.92 Å². The minimum Gasteiger partial charge on any atom is -0.391 e. The fourth-order valence-corrected chi connectivity index (χ4v) is 4.09. The quantitative estimate of drug-likeness (QED) is 0.796. The van der Waals surface area contributed by atoms with Crippen LogP contribution < -0.4 is 0 Å². The van der Waals surface area contributed by atoms with Crippen LogP contribution in [0.1, 0.15) is 65.2 Å². The van der Waals surface area contributed by atoms with Crippen LogP contribution in [0.15, 0.2) is 0 Å². The van der Waals surface area contributed by atoms with Crippen molar-refractivity contribution in [3.05, 3.63) is 0 Å². The van der Waals surface area contributed by atoms with E-state index < -0.39 is 0 Å². The molecule has 17 heavy (non-hydrogen) atoms. The zero-order chi connectivity index (χ0) is 12.3. The van der Waals surface area contributed by atoms with E-state index in [0.717, 1.165) is 6.42 Å². The second-order valence-electron chi connectivity index (χ2n) is 6.22. The third-order valence-electron chi connectivity index (χ3n) is 5.04. The fraction of sp³-hybridized carbons (Fsp3) is 1.00. The van der Waals surface area contributed by atoms with Gasteiger partial charge >= 0.3 is 0 Å². The molecule has 2 atom stereocenters. The highest BCUT2D eigenvalue weighted by atomic mass is 16.3. The van der Waals surface area contributed by atoms with Gasteiger partial charge in [-0.3, -0.25) is 4.90 Å². The Bertz CT molecular complexity index is 229. The molecular weight excluding hydrogens is 210 g/mol. The summed E-state index contributed by atoms with van der Waals surface area (Å²) in [5.74, 6) is 0.457. The molecule has 0 aromatic heterocycles. The van der Waals surface area contributed by atoms with Crippen molar-refractivity contribution >= 4 is 0 Å². The fourth-order valence-electron chi connectivity index (χ4n) is 4.09. The summed E-state index contributed by atoms with van der Waals surface area (Å²) < 4.78 is 0. The van der Waals surface area contributed by atoms with Crippen LogP contribution in [0.5, 0.6) is 0 Å². The van der Waals surface area contributed by atoms with Gasteiger partial charge < -0.3 is 5.11 Å². The van der Waals surface area contributed by atoms with E-state index >= 15 is 0 Å². The zero-order valence-electron chi connectivity index (χ0n) is 11.6. The van der Waals surface area contributed by atoms with E-state index in [-0.39, 0.29) is 11.6 Å². The third-order valence-corrected chi connectivity index (χ3v) is 5.04. The summed E-state index contributed by atoms with van der Waals surface area (Å²) in [6.07, 6.45) is 9.98. The first-order valence-electron chi connectivity index (χ1n) is 7.64. The van der Waals surface area contributed by atoms with Crippen LogP contribution in [0, 0.1) is 5.92 Å². The molecule has 2 rings (SSSR count). The second kappa shape index (κ2) is 5.71. The highest BCUT2D eigenvalue weighted by molar-refractivity contribution is 5.02. The Morgan fingerprint density at radius 3 is 2.24 bits per heavy atom. The van der Waals surface area contributed by atoms with Crippen molar-refractivity contribution in [1.82, 2.24) is 4.90 Å². The van der Waals surface area contributed by atoms with Crippen LogP contribution in [0.3, 0.4) is 0 Å². The van der Waals surface area contributed by atoms with Gasteiger partial charge in [0, 0.05) is 5.54 Å². The Hall–Kier alpha value is -0.0800. The highest BCUT2D eigenvalue weighted by Crippen LogP contribution is 2.42. The molecular formula is C15H29NO. The minimum atomic E-state index is -0.108. The normalized spacial score (nSPS) is 28.4. The third kappa shape index (κ3) is 2.53. The van der Waals surface area contributed by atoms with Gasteiger partial charge in [0.25, 0.3) is 0 Å². The molecule has 1 saturated carbocycles. The monoisotopic (exact) mass is 239 g/mol. The molecule has 2 nitrogen and oxygen atoms in total. The summed E-state index contributed by atoms with van der Waals surface area (Å²) in [5.41, 5.74) is 0.144. The van der Waals surface area contributed by atoms with Gasteiger partial charge in [-0.25, -0.2) is 0 Å². The van der Waals surface area contributed by atoms with Crippen molar-refractivity contribution in [3.63, 3.8) is 0 Å². The van der Waals surface area contributed by atoms with Crippen LogP contribution in [0.2, 0.25) is 0 Å². The summed E-state index contributed by atoms with van der Waals surface area (Å²) in [7, 11) is 0. The summed E-state index contributed by atoms with van der Waals surface area (Å²) in [6, 6.07) is 0. The van der Waals surface area contributed by atoms with Gasteiger partial charge in [-0.2, -0.15) is 0 Å². The van der Waals surface area contributed by atoms with E-state index in [1.165, 1.54) is 58.0 Å². The van der Waals surface area contributed by atoms with Crippen molar-refractivity contribution < 1.29 is 5.11 Å². The first-order chi connectivity index (χ1) is 8.20. The van der Waals surface area contributed by atoms with Crippen LogP contribution in [-0.4, -0.2) is 34.7 Å². The Morgan fingerprint density at radius 1 is 1.12 bits per heavy atom. The molecule has 0 bridgehead atoms. The predicted molar refractivity (Wildman–Crippen MR) is 72.1 cm³/mol.